The number of aliphatic imine (C=N–C) groups is 1. The molecule has 7 N–H and O–H groups in total. The highest BCUT2D eigenvalue weighted by Crippen LogP contribution is 2.10. The Kier molecular flexibility index (Phi) is 8.80. The quantitative estimate of drug-likeness (QED) is 0.0802. The summed E-state index contributed by atoms with van der Waals surface area (Å²) in [6.45, 7) is 5.44. The Morgan fingerprint density at radius 2 is 2.00 bits per heavy atom. The van der Waals surface area contributed by atoms with Crippen molar-refractivity contribution in [2.24, 2.45) is 16.5 Å². The SMILES string of the molecule is C=C(C)C(=O)OCCCN[C@@](O)(CCCN=C(N)N)C(=O)O. The predicted molar refractivity (Wildman–Crippen MR) is 80.9 cm³/mol. The average Bonchev–Trinajstić information content (AvgIpc) is 2.42. The number of aliphatic carboxylic acids is 1. The normalized spacial score (nSPS) is 13.0. The van der Waals surface area contributed by atoms with Gasteiger partial charge in [0.2, 0.25) is 5.72 Å². The third-order valence-corrected chi connectivity index (χ3v) is 2.67. The summed E-state index contributed by atoms with van der Waals surface area (Å²) < 4.78 is 4.85. The molecule has 9 heteroatoms. The molecule has 0 spiro atoms. The van der Waals surface area contributed by atoms with Crippen molar-refractivity contribution in [2.45, 2.75) is 31.9 Å². The van der Waals surface area contributed by atoms with Crippen LogP contribution in [0.5, 0.6) is 0 Å². The number of hydrogen-bond acceptors (Lipinski definition) is 6. The lowest BCUT2D eigenvalue weighted by Crippen LogP contribution is -2.52. The van der Waals surface area contributed by atoms with Crippen molar-refractivity contribution in [2.75, 3.05) is 19.7 Å². The summed E-state index contributed by atoms with van der Waals surface area (Å²) in [5.41, 5.74) is 8.51. The summed E-state index contributed by atoms with van der Waals surface area (Å²) >= 11 is 0. The third kappa shape index (κ3) is 8.22. The fraction of sp³-hybridized carbons (Fsp3) is 0.615. The van der Waals surface area contributed by atoms with Gasteiger partial charge < -0.3 is 26.4 Å². The number of hydrogen-bond donors (Lipinski definition) is 5. The zero-order valence-corrected chi connectivity index (χ0v) is 12.7. The highest BCUT2D eigenvalue weighted by Gasteiger charge is 2.34. The van der Waals surface area contributed by atoms with Gasteiger partial charge in [0, 0.05) is 25.1 Å². The lowest BCUT2D eigenvalue weighted by Gasteiger charge is -2.24. The van der Waals surface area contributed by atoms with E-state index in [1.165, 1.54) is 6.92 Å². The molecule has 0 aliphatic carbocycles. The van der Waals surface area contributed by atoms with Gasteiger partial charge in [-0.15, -0.1) is 0 Å². The Labute approximate surface area is 129 Å². The summed E-state index contributed by atoms with van der Waals surface area (Å²) in [7, 11) is 0. The van der Waals surface area contributed by atoms with Gasteiger partial charge in [-0.2, -0.15) is 0 Å². The second kappa shape index (κ2) is 9.74. The fourth-order valence-electron chi connectivity index (χ4n) is 1.47. The second-order valence-corrected chi connectivity index (χ2v) is 4.77. The molecular formula is C13H24N4O5. The van der Waals surface area contributed by atoms with Crippen molar-refractivity contribution in [1.82, 2.24) is 5.32 Å². The van der Waals surface area contributed by atoms with Crippen LogP contribution in [0.2, 0.25) is 0 Å². The summed E-state index contributed by atoms with van der Waals surface area (Å²) in [6, 6.07) is 0. The molecule has 0 saturated carbocycles. The molecule has 0 aliphatic heterocycles. The number of nitrogens with two attached hydrogens (primary N) is 2. The van der Waals surface area contributed by atoms with Gasteiger partial charge in [-0.25, -0.2) is 9.59 Å². The van der Waals surface area contributed by atoms with Crippen molar-refractivity contribution in [1.29, 1.82) is 0 Å². The van der Waals surface area contributed by atoms with Gasteiger partial charge in [-0.05, 0) is 19.8 Å². The molecule has 0 aromatic carbocycles. The van der Waals surface area contributed by atoms with Crippen LogP contribution < -0.4 is 16.8 Å². The molecule has 9 nitrogen and oxygen atoms in total. The first-order valence-corrected chi connectivity index (χ1v) is 6.78. The standard InChI is InChI=1S/C13H24N4O5/c1-9(2)10(18)22-8-4-7-17-13(21,11(19)20)5-3-6-16-12(14)15/h17,21H,1,3-8H2,2H3,(H,19,20)(H4,14,15,16)/t13-/m1/s1. The zero-order chi connectivity index (χ0) is 17.2. The van der Waals surface area contributed by atoms with Crippen LogP contribution in [0.3, 0.4) is 0 Å². The van der Waals surface area contributed by atoms with Crippen molar-refractivity contribution in [3.63, 3.8) is 0 Å². The summed E-state index contributed by atoms with van der Waals surface area (Å²) in [5.74, 6) is -1.99. The largest absolute Gasteiger partial charge is 0.478 e. The molecule has 0 aromatic heterocycles. The molecule has 1 atom stereocenters. The molecule has 22 heavy (non-hydrogen) atoms. The maximum Gasteiger partial charge on any atom is 0.351 e. The summed E-state index contributed by atoms with van der Waals surface area (Å²) in [6.07, 6.45) is 0.575. The molecule has 0 rings (SSSR count). The van der Waals surface area contributed by atoms with Crippen molar-refractivity contribution < 1.29 is 24.5 Å². The van der Waals surface area contributed by atoms with E-state index < -0.39 is 17.7 Å². The Hall–Kier alpha value is -2.13. The number of nitrogens with one attached hydrogen (secondary N) is 1. The van der Waals surface area contributed by atoms with Gasteiger partial charge in [0.05, 0.1) is 6.61 Å². The molecule has 0 amide bonds. The van der Waals surface area contributed by atoms with E-state index in [2.05, 4.69) is 16.9 Å². The van der Waals surface area contributed by atoms with Crippen molar-refractivity contribution >= 4 is 17.9 Å². The van der Waals surface area contributed by atoms with Gasteiger partial charge in [0.25, 0.3) is 0 Å². The van der Waals surface area contributed by atoms with E-state index in [0.717, 1.165) is 0 Å². The number of carbonyl (C=O) groups is 2. The smallest absolute Gasteiger partial charge is 0.351 e. The minimum absolute atomic E-state index is 0.0648. The number of carboxylic acid groups (broad SMARTS) is 1. The lowest BCUT2D eigenvalue weighted by atomic mass is 10.1. The van der Waals surface area contributed by atoms with Crippen LogP contribution in [0.25, 0.3) is 0 Å². The number of carboxylic acids is 1. The Bertz CT molecular complexity index is 434. The number of aliphatic hydroxyl groups is 1. The van der Waals surface area contributed by atoms with Gasteiger partial charge in [0.1, 0.15) is 0 Å². The van der Waals surface area contributed by atoms with Crippen LogP contribution in [0, 0.1) is 0 Å². The van der Waals surface area contributed by atoms with E-state index in [1.54, 1.807) is 0 Å². The van der Waals surface area contributed by atoms with E-state index >= 15 is 0 Å². The first-order chi connectivity index (χ1) is 10.2. The molecular weight excluding hydrogens is 292 g/mol. The van der Waals surface area contributed by atoms with Crippen LogP contribution in [0.15, 0.2) is 17.1 Å². The highest BCUT2D eigenvalue weighted by molar-refractivity contribution is 5.86. The van der Waals surface area contributed by atoms with Crippen molar-refractivity contribution in [3.8, 4) is 0 Å². The predicted octanol–water partition coefficient (Wildman–Crippen LogP) is -1.09. The van der Waals surface area contributed by atoms with Gasteiger partial charge in [0.15, 0.2) is 5.96 Å². The van der Waals surface area contributed by atoms with E-state index in [-0.39, 0.29) is 37.6 Å². The van der Waals surface area contributed by atoms with Crippen LogP contribution in [0.1, 0.15) is 26.2 Å². The molecule has 0 saturated heterocycles. The van der Waals surface area contributed by atoms with Gasteiger partial charge >= 0.3 is 11.9 Å². The number of carbonyl (C=O) groups excluding carboxylic acids is 1. The van der Waals surface area contributed by atoms with Crippen molar-refractivity contribution in [3.05, 3.63) is 12.2 Å². The average molecular weight is 316 g/mol. The van der Waals surface area contributed by atoms with Crippen LogP contribution in [0.4, 0.5) is 0 Å². The Morgan fingerprint density at radius 3 is 2.50 bits per heavy atom. The maximum atomic E-state index is 11.1. The minimum Gasteiger partial charge on any atom is -0.478 e. The summed E-state index contributed by atoms with van der Waals surface area (Å²) in [4.78, 5) is 25.9. The Morgan fingerprint density at radius 1 is 1.36 bits per heavy atom. The third-order valence-electron chi connectivity index (χ3n) is 2.67. The first kappa shape index (κ1) is 19.9. The number of guanidine groups is 1. The van der Waals surface area contributed by atoms with Gasteiger partial charge in [-0.1, -0.05) is 6.58 Å². The molecule has 0 bridgehead atoms. The van der Waals surface area contributed by atoms with E-state index in [9.17, 15) is 14.7 Å². The second-order valence-electron chi connectivity index (χ2n) is 4.77. The molecule has 0 aliphatic rings. The highest BCUT2D eigenvalue weighted by atomic mass is 16.5. The topological polar surface area (TPSA) is 160 Å². The van der Waals surface area contributed by atoms with E-state index in [1.807, 2.05) is 0 Å². The van der Waals surface area contributed by atoms with Crippen LogP contribution in [-0.2, 0) is 14.3 Å². The van der Waals surface area contributed by atoms with Gasteiger partial charge in [-0.3, -0.25) is 10.3 Å². The fourth-order valence-corrected chi connectivity index (χ4v) is 1.47. The lowest BCUT2D eigenvalue weighted by molar-refractivity contribution is -0.163. The van der Waals surface area contributed by atoms with Crippen LogP contribution in [-0.4, -0.2) is 53.5 Å². The maximum absolute atomic E-state index is 11.1. The Balaban J connectivity index is 4.12. The van der Waals surface area contributed by atoms with E-state index in [4.69, 9.17) is 21.3 Å². The molecule has 0 fully saturated rings. The van der Waals surface area contributed by atoms with E-state index in [0.29, 0.717) is 12.8 Å². The monoisotopic (exact) mass is 316 g/mol. The first-order valence-electron chi connectivity index (χ1n) is 6.78. The van der Waals surface area contributed by atoms with Crippen LogP contribution >= 0.6 is 0 Å². The number of nitrogens with zero attached hydrogens (tertiary/aromatic N) is 1. The minimum atomic E-state index is -2.07. The molecule has 0 radical (unpaired) electrons. The number of rotatable bonds is 11. The molecule has 0 aromatic rings. The molecule has 126 valence electrons. The number of ether oxygens (including phenoxy) is 1. The molecule has 0 unspecified atom stereocenters. The zero-order valence-electron chi connectivity index (χ0n) is 12.7. The summed E-state index contributed by atoms with van der Waals surface area (Å²) in [5, 5.41) is 21.6. The number of esters is 1. The molecule has 0 heterocycles.